The molecule has 1 N–H and O–H groups in total. The fraction of sp³-hybridized carbons (Fsp3) is 0.105. The number of nitrogens with zero attached hydrogens (tertiary/aromatic N) is 6. The maximum atomic E-state index is 13.1. The van der Waals surface area contributed by atoms with Gasteiger partial charge in [0.05, 0.1) is 17.2 Å². The third kappa shape index (κ3) is 4.80. The first-order valence-electron chi connectivity index (χ1n) is 8.95. The highest BCUT2D eigenvalue weighted by atomic mass is 32.2. The number of hydrogen-bond donors (Lipinski definition) is 1. The van der Waals surface area contributed by atoms with E-state index in [9.17, 15) is 19.3 Å². The number of anilines is 1. The first kappa shape index (κ1) is 20.3. The van der Waals surface area contributed by atoms with Gasteiger partial charge in [-0.1, -0.05) is 35.2 Å². The second-order valence-corrected chi connectivity index (χ2v) is 7.33. The van der Waals surface area contributed by atoms with Crippen LogP contribution in [0, 0.1) is 15.9 Å². The van der Waals surface area contributed by atoms with Crippen molar-refractivity contribution in [3.05, 3.63) is 76.4 Å². The number of fused-ring (bicyclic) bond motifs is 1. The molecule has 2 aromatic heterocycles. The molecule has 12 heteroatoms. The van der Waals surface area contributed by atoms with Gasteiger partial charge in [-0.15, -0.1) is 5.10 Å². The van der Waals surface area contributed by atoms with Gasteiger partial charge in [0, 0.05) is 17.8 Å². The van der Waals surface area contributed by atoms with E-state index in [1.165, 1.54) is 36.7 Å². The summed E-state index contributed by atoms with van der Waals surface area (Å²) in [6.45, 7) is 0.352. The van der Waals surface area contributed by atoms with Gasteiger partial charge in [0.1, 0.15) is 17.2 Å². The number of nitro benzene ring substituents is 1. The standard InChI is InChI=1S/C19H14FN7O3S/c20-13-6-4-12(5-7-13)9-26-18-17(24-25-26)19(22-11-21-18)31-10-16(28)23-14-2-1-3-15(8-14)27(29)30/h1-8,11H,9-10H2,(H,23,28). The van der Waals surface area contributed by atoms with Crippen LogP contribution in [0.5, 0.6) is 0 Å². The van der Waals surface area contributed by atoms with Crippen LogP contribution in [0.1, 0.15) is 5.56 Å². The van der Waals surface area contributed by atoms with Gasteiger partial charge in [-0.05, 0) is 23.8 Å². The van der Waals surface area contributed by atoms with Gasteiger partial charge in [-0.2, -0.15) is 0 Å². The van der Waals surface area contributed by atoms with Gasteiger partial charge < -0.3 is 5.32 Å². The van der Waals surface area contributed by atoms with Crippen LogP contribution in [0.15, 0.2) is 59.9 Å². The Hall–Kier alpha value is -3.93. The number of nitro groups is 1. The summed E-state index contributed by atoms with van der Waals surface area (Å²) in [4.78, 5) is 31.0. The Bertz CT molecular complexity index is 1260. The number of carbonyl (C=O) groups excluding carboxylic acids is 1. The van der Waals surface area contributed by atoms with E-state index in [1.54, 1.807) is 22.9 Å². The van der Waals surface area contributed by atoms with E-state index in [4.69, 9.17) is 0 Å². The molecule has 2 heterocycles. The summed E-state index contributed by atoms with van der Waals surface area (Å²) in [6.07, 6.45) is 1.35. The van der Waals surface area contributed by atoms with Crippen LogP contribution in [0.3, 0.4) is 0 Å². The Labute approximate surface area is 178 Å². The topological polar surface area (TPSA) is 129 Å². The summed E-state index contributed by atoms with van der Waals surface area (Å²) < 4.78 is 14.7. The van der Waals surface area contributed by atoms with Crippen LogP contribution >= 0.6 is 11.8 Å². The first-order chi connectivity index (χ1) is 15.0. The average molecular weight is 439 g/mol. The average Bonchev–Trinajstić information content (AvgIpc) is 3.17. The second kappa shape index (κ2) is 8.83. The fourth-order valence-electron chi connectivity index (χ4n) is 2.77. The molecule has 2 aromatic carbocycles. The van der Waals surface area contributed by atoms with E-state index < -0.39 is 4.92 Å². The molecule has 1 amide bonds. The SMILES string of the molecule is O=C(CSc1ncnc2c1nnn2Cc1ccc(F)cc1)Nc1cccc([N+](=O)[O-])c1. The molecular formula is C19H14FN7O3S. The number of rotatable bonds is 7. The third-order valence-electron chi connectivity index (χ3n) is 4.19. The van der Waals surface area contributed by atoms with E-state index in [1.807, 2.05) is 0 Å². The summed E-state index contributed by atoms with van der Waals surface area (Å²) in [5.74, 6) is -0.660. The second-order valence-electron chi connectivity index (χ2n) is 6.37. The van der Waals surface area contributed by atoms with Crippen molar-refractivity contribution in [1.29, 1.82) is 0 Å². The summed E-state index contributed by atoms with van der Waals surface area (Å²) in [5.41, 5.74) is 1.98. The molecule has 0 aliphatic heterocycles. The minimum Gasteiger partial charge on any atom is -0.325 e. The number of non-ortho nitro benzene ring substituents is 1. The maximum Gasteiger partial charge on any atom is 0.271 e. The van der Waals surface area contributed by atoms with Gasteiger partial charge >= 0.3 is 0 Å². The zero-order valence-corrected chi connectivity index (χ0v) is 16.6. The molecule has 10 nitrogen and oxygen atoms in total. The summed E-state index contributed by atoms with van der Waals surface area (Å²) in [7, 11) is 0. The molecule has 0 aliphatic carbocycles. The van der Waals surface area contributed by atoms with Gasteiger partial charge in [0.25, 0.3) is 5.69 Å². The minimum atomic E-state index is -0.530. The van der Waals surface area contributed by atoms with Crippen molar-refractivity contribution in [2.45, 2.75) is 11.6 Å². The fourth-order valence-corrected chi connectivity index (χ4v) is 3.50. The number of hydrogen-bond acceptors (Lipinski definition) is 8. The molecule has 4 rings (SSSR count). The van der Waals surface area contributed by atoms with Gasteiger partial charge in [-0.3, -0.25) is 14.9 Å². The van der Waals surface area contributed by atoms with Crippen molar-refractivity contribution in [1.82, 2.24) is 25.0 Å². The Morgan fingerprint density at radius 1 is 1.19 bits per heavy atom. The summed E-state index contributed by atoms with van der Waals surface area (Å²) in [5, 5.41) is 22.1. The van der Waals surface area contributed by atoms with Crippen molar-refractivity contribution in [3.8, 4) is 0 Å². The predicted octanol–water partition coefficient (Wildman–Crippen LogP) is 3.05. The van der Waals surface area contributed by atoms with Gasteiger partial charge in [0.2, 0.25) is 5.91 Å². The van der Waals surface area contributed by atoms with Crippen LogP contribution in [0.2, 0.25) is 0 Å². The van der Waals surface area contributed by atoms with E-state index >= 15 is 0 Å². The molecule has 0 saturated heterocycles. The molecule has 0 unspecified atom stereocenters. The number of benzene rings is 2. The number of carbonyl (C=O) groups is 1. The molecule has 31 heavy (non-hydrogen) atoms. The van der Waals surface area contributed by atoms with Crippen LogP contribution < -0.4 is 5.32 Å². The van der Waals surface area contributed by atoms with E-state index in [-0.39, 0.29) is 23.2 Å². The number of amides is 1. The van der Waals surface area contributed by atoms with Crippen molar-refractivity contribution >= 4 is 40.2 Å². The number of aromatic nitrogens is 5. The number of thioether (sulfide) groups is 1. The number of nitrogens with one attached hydrogen (secondary N) is 1. The molecule has 0 spiro atoms. The summed E-state index contributed by atoms with van der Waals surface area (Å²) in [6, 6.07) is 11.7. The van der Waals surface area contributed by atoms with Crippen molar-refractivity contribution < 1.29 is 14.1 Å². The van der Waals surface area contributed by atoms with Crippen LogP contribution in [0.25, 0.3) is 11.2 Å². The normalized spacial score (nSPS) is 10.9. The van der Waals surface area contributed by atoms with E-state index in [2.05, 4.69) is 25.6 Å². The Kier molecular flexibility index (Phi) is 5.80. The number of halogens is 1. The Morgan fingerprint density at radius 3 is 2.77 bits per heavy atom. The first-order valence-corrected chi connectivity index (χ1v) is 9.94. The largest absolute Gasteiger partial charge is 0.325 e. The van der Waals surface area contributed by atoms with E-state index in [0.29, 0.717) is 28.4 Å². The lowest BCUT2D eigenvalue weighted by molar-refractivity contribution is -0.384. The van der Waals surface area contributed by atoms with Crippen molar-refractivity contribution in [2.75, 3.05) is 11.1 Å². The highest BCUT2D eigenvalue weighted by Crippen LogP contribution is 2.23. The Balaban J connectivity index is 1.44. The maximum absolute atomic E-state index is 13.1. The lowest BCUT2D eigenvalue weighted by atomic mass is 10.2. The highest BCUT2D eigenvalue weighted by Gasteiger charge is 2.15. The molecule has 0 saturated carbocycles. The molecule has 0 bridgehead atoms. The van der Waals surface area contributed by atoms with Crippen LogP contribution in [-0.4, -0.2) is 41.5 Å². The Morgan fingerprint density at radius 2 is 2.00 bits per heavy atom. The smallest absolute Gasteiger partial charge is 0.271 e. The van der Waals surface area contributed by atoms with Gasteiger partial charge in [-0.25, -0.2) is 19.0 Å². The van der Waals surface area contributed by atoms with E-state index in [0.717, 1.165) is 17.3 Å². The van der Waals surface area contributed by atoms with Crippen LogP contribution in [0.4, 0.5) is 15.8 Å². The lowest BCUT2D eigenvalue weighted by Crippen LogP contribution is -2.14. The molecule has 0 radical (unpaired) electrons. The monoisotopic (exact) mass is 439 g/mol. The molecule has 156 valence electrons. The summed E-state index contributed by atoms with van der Waals surface area (Å²) >= 11 is 1.15. The minimum absolute atomic E-state index is 0.0135. The lowest BCUT2D eigenvalue weighted by Gasteiger charge is -2.05. The van der Waals surface area contributed by atoms with Gasteiger partial charge in [0.15, 0.2) is 11.2 Å². The quantitative estimate of drug-likeness (QED) is 0.201. The molecular weight excluding hydrogens is 425 g/mol. The molecule has 0 aliphatic rings. The molecule has 0 atom stereocenters. The molecule has 0 fully saturated rings. The molecule has 4 aromatic rings. The van der Waals surface area contributed by atoms with Crippen molar-refractivity contribution in [2.24, 2.45) is 0 Å². The highest BCUT2D eigenvalue weighted by molar-refractivity contribution is 8.00. The van der Waals surface area contributed by atoms with Crippen molar-refractivity contribution in [3.63, 3.8) is 0 Å². The van der Waals surface area contributed by atoms with Crippen LogP contribution in [-0.2, 0) is 11.3 Å². The zero-order chi connectivity index (χ0) is 21.8. The predicted molar refractivity (Wildman–Crippen MR) is 111 cm³/mol. The third-order valence-corrected chi connectivity index (χ3v) is 5.17. The zero-order valence-electron chi connectivity index (χ0n) is 15.8.